The zero-order valence-corrected chi connectivity index (χ0v) is 18.8. The number of sulfonamides is 1. The Kier molecular flexibility index (Phi) is 7.79. The van der Waals surface area contributed by atoms with E-state index in [-0.39, 0.29) is 16.5 Å². The molecule has 0 spiro atoms. The van der Waals surface area contributed by atoms with Gasteiger partial charge in [0.2, 0.25) is 0 Å². The quantitative estimate of drug-likeness (QED) is 0.593. The van der Waals surface area contributed by atoms with E-state index >= 15 is 0 Å². The molecule has 2 N–H and O–H groups in total. The standard InChI is InChI=1S/C23H30N2O5S/c1-29-20-13-11-19(12-14-20)25-31(27,28)22-16-17(23(26)30-2)10-15-21(22)24-18-8-6-4-3-5-7-9-18/h10-16,18,24-25H,3-9H2,1-2H3. The predicted octanol–water partition coefficient (Wildman–Crippen LogP) is 4.81. The number of nitrogens with one attached hydrogen (secondary N) is 2. The lowest BCUT2D eigenvalue weighted by molar-refractivity contribution is 0.0600. The second-order valence-electron chi connectivity index (χ2n) is 7.72. The van der Waals surface area contributed by atoms with E-state index < -0.39 is 16.0 Å². The number of anilines is 2. The normalized spacial score (nSPS) is 15.4. The van der Waals surface area contributed by atoms with Crippen molar-refractivity contribution in [3.8, 4) is 5.75 Å². The van der Waals surface area contributed by atoms with Crippen LogP contribution in [0.15, 0.2) is 47.4 Å². The van der Waals surface area contributed by atoms with Gasteiger partial charge in [0.15, 0.2) is 0 Å². The van der Waals surface area contributed by atoms with Crippen molar-refractivity contribution in [1.82, 2.24) is 0 Å². The fourth-order valence-electron chi connectivity index (χ4n) is 3.80. The molecular formula is C23H30N2O5S. The minimum absolute atomic E-state index is 0.0216. The third-order valence-electron chi connectivity index (χ3n) is 5.50. The van der Waals surface area contributed by atoms with Crippen LogP contribution in [0.2, 0.25) is 0 Å². The lowest BCUT2D eigenvalue weighted by Crippen LogP contribution is -2.23. The molecule has 0 aliphatic heterocycles. The maximum absolute atomic E-state index is 13.3. The van der Waals surface area contributed by atoms with Gasteiger partial charge in [-0.1, -0.05) is 32.1 Å². The molecule has 0 radical (unpaired) electrons. The number of hydrogen-bond acceptors (Lipinski definition) is 6. The molecule has 3 rings (SSSR count). The number of carbonyl (C=O) groups is 1. The molecule has 1 aliphatic carbocycles. The number of benzene rings is 2. The summed E-state index contributed by atoms with van der Waals surface area (Å²) < 4.78 is 39.0. The van der Waals surface area contributed by atoms with Gasteiger partial charge in [0.1, 0.15) is 10.6 Å². The Morgan fingerprint density at radius 1 is 0.935 bits per heavy atom. The third-order valence-corrected chi connectivity index (χ3v) is 6.92. The third kappa shape index (κ3) is 6.13. The zero-order chi connectivity index (χ0) is 22.3. The number of methoxy groups -OCH3 is 2. The Bertz CT molecular complexity index is 982. The fourth-order valence-corrected chi connectivity index (χ4v) is 5.05. The minimum Gasteiger partial charge on any atom is -0.497 e. The number of esters is 1. The zero-order valence-electron chi connectivity index (χ0n) is 18.0. The van der Waals surface area contributed by atoms with Gasteiger partial charge in [-0.05, 0) is 55.3 Å². The van der Waals surface area contributed by atoms with Gasteiger partial charge in [0.05, 0.1) is 25.5 Å². The SMILES string of the molecule is COC(=O)c1ccc(NC2CCCCCCC2)c(S(=O)(=O)Nc2ccc(OC)cc2)c1. The average molecular weight is 447 g/mol. The highest BCUT2D eigenvalue weighted by molar-refractivity contribution is 7.92. The molecule has 0 amide bonds. The molecule has 8 heteroatoms. The monoisotopic (exact) mass is 446 g/mol. The second kappa shape index (κ2) is 10.5. The van der Waals surface area contributed by atoms with Gasteiger partial charge in [0.25, 0.3) is 10.0 Å². The largest absolute Gasteiger partial charge is 0.497 e. The molecule has 0 atom stereocenters. The first kappa shape index (κ1) is 22.9. The average Bonchev–Trinajstić information content (AvgIpc) is 2.75. The lowest BCUT2D eigenvalue weighted by Gasteiger charge is -2.24. The van der Waals surface area contributed by atoms with Gasteiger partial charge in [-0.2, -0.15) is 0 Å². The van der Waals surface area contributed by atoms with Crippen molar-refractivity contribution < 1.29 is 22.7 Å². The fraction of sp³-hybridized carbons (Fsp3) is 0.435. The summed E-state index contributed by atoms with van der Waals surface area (Å²) in [6.07, 6.45) is 7.86. The summed E-state index contributed by atoms with van der Waals surface area (Å²) in [5.41, 5.74) is 1.07. The first-order valence-corrected chi connectivity index (χ1v) is 12.1. The van der Waals surface area contributed by atoms with Gasteiger partial charge < -0.3 is 14.8 Å². The molecule has 168 valence electrons. The summed E-state index contributed by atoms with van der Waals surface area (Å²) in [4.78, 5) is 12.1. The van der Waals surface area contributed by atoms with Crippen molar-refractivity contribution in [2.45, 2.75) is 55.9 Å². The number of ether oxygens (including phenoxy) is 2. The molecule has 0 bridgehead atoms. The van der Waals surface area contributed by atoms with Crippen LogP contribution in [0.1, 0.15) is 55.3 Å². The Morgan fingerprint density at radius 2 is 1.58 bits per heavy atom. The molecule has 1 saturated carbocycles. The Balaban J connectivity index is 1.92. The molecule has 1 fully saturated rings. The highest BCUT2D eigenvalue weighted by atomic mass is 32.2. The Hall–Kier alpha value is -2.74. The summed E-state index contributed by atoms with van der Waals surface area (Å²) >= 11 is 0. The molecule has 7 nitrogen and oxygen atoms in total. The summed E-state index contributed by atoms with van der Waals surface area (Å²) in [5.74, 6) is 0.0423. The molecule has 0 unspecified atom stereocenters. The first-order valence-electron chi connectivity index (χ1n) is 10.6. The Morgan fingerprint density at radius 3 is 2.19 bits per heavy atom. The van der Waals surface area contributed by atoms with Gasteiger partial charge in [-0.15, -0.1) is 0 Å². The van der Waals surface area contributed by atoms with E-state index in [0.29, 0.717) is 17.1 Å². The van der Waals surface area contributed by atoms with Crippen LogP contribution in [-0.2, 0) is 14.8 Å². The molecule has 31 heavy (non-hydrogen) atoms. The molecular weight excluding hydrogens is 416 g/mol. The minimum atomic E-state index is -3.96. The molecule has 2 aromatic carbocycles. The van der Waals surface area contributed by atoms with E-state index in [1.807, 2.05) is 0 Å². The lowest BCUT2D eigenvalue weighted by atomic mass is 9.96. The van der Waals surface area contributed by atoms with Crippen LogP contribution in [0, 0.1) is 0 Å². The van der Waals surface area contributed by atoms with Crippen molar-refractivity contribution in [3.05, 3.63) is 48.0 Å². The molecule has 0 aromatic heterocycles. The van der Waals surface area contributed by atoms with Gasteiger partial charge in [-0.3, -0.25) is 4.72 Å². The van der Waals surface area contributed by atoms with E-state index in [1.165, 1.54) is 32.4 Å². The van der Waals surface area contributed by atoms with Crippen LogP contribution < -0.4 is 14.8 Å². The highest BCUT2D eigenvalue weighted by Crippen LogP contribution is 2.29. The van der Waals surface area contributed by atoms with E-state index in [0.717, 1.165) is 25.7 Å². The van der Waals surface area contributed by atoms with Crippen molar-refractivity contribution in [1.29, 1.82) is 0 Å². The van der Waals surface area contributed by atoms with Gasteiger partial charge >= 0.3 is 5.97 Å². The number of hydrogen-bond donors (Lipinski definition) is 2. The summed E-state index contributed by atoms with van der Waals surface area (Å²) in [7, 11) is -1.14. The molecule has 0 heterocycles. The molecule has 0 saturated heterocycles. The van der Waals surface area contributed by atoms with Crippen LogP contribution in [0.25, 0.3) is 0 Å². The second-order valence-corrected chi connectivity index (χ2v) is 9.37. The molecule has 2 aromatic rings. The summed E-state index contributed by atoms with van der Waals surface area (Å²) in [5, 5.41) is 3.42. The van der Waals surface area contributed by atoms with Crippen molar-refractivity contribution in [2.75, 3.05) is 24.3 Å². The van der Waals surface area contributed by atoms with Gasteiger partial charge in [-0.25, -0.2) is 13.2 Å². The highest BCUT2D eigenvalue weighted by Gasteiger charge is 2.23. The maximum atomic E-state index is 13.3. The van der Waals surface area contributed by atoms with Crippen LogP contribution >= 0.6 is 0 Å². The van der Waals surface area contributed by atoms with E-state index in [4.69, 9.17) is 9.47 Å². The van der Waals surface area contributed by atoms with Crippen molar-refractivity contribution in [3.63, 3.8) is 0 Å². The van der Waals surface area contributed by atoms with Crippen LogP contribution in [0.5, 0.6) is 5.75 Å². The number of rotatable bonds is 7. The Labute approximate surface area is 184 Å². The summed E-state index contributed by atoms with van der Waals surface area (Å²) in [6.45, 7) is 0. The van der Waals surface area contributed by atoms with Gasteiger partial charge in [0, 0.05) is 11.7 Å². The smallest absolute Gasteiger partial charge is 0.337 e. The van der Waals surface area contributed by atoms with Crippen molar-refractivity contribution in [2.24, 2.45) is 0 Å². The summed E-state index contributed by atoms with van der Waals surface area (Å²) in [6, 6.07) is 11.4. The van der Waals surface area contributed by atoms with E-state index in [1.54, 1.807) is 43.5 Å². The predicted molar refractivity (Wildman–Crippen MR) is 121 cm³/mol. The molecule has 1 aliphatic rings. The van der Waals surface area contributed by atoms with Crippen LogP contribution in [0.3, 0.4) is 0 Å². The van der Waals surface area contributed by atoms with Crippen LogP contribution in [0.4, 0.5) is 11.4 Å². The first-order chi connectivity index (χ1) is 14.9. The maximum Gasteiger partial charge on any atom is 0.337 e. The topological polar surface area (TPSA) is 93.7 Å². The number of carbonyl (C=O) groups excluding carboxylic acids is 1. The van der Waals surface area contributed by atoms with Crippen molar-refractivity contribution >= 4 is 27.4 Å². The van der Waals surface area contributed by atoms with E-state index in [2.05, 4.69) is 10.0 Å². The van der Waals surface area contributed by atoms with E-state index in [9.17, 15) is 13.2 Å². The van der Waals surface area contributed by atoms with Crippen LogP contribution in [-0.4, -0.2) is 34.6 Å².